The molecular formula is C16H24N2O2S. The maximum Gasteiger partial charge on any atom is 0.119 e. The molecule has 0 aromatic heterocycles. The van der Waals surface area contributed by atoms with Gasteiger partial charge in [0.2, 0.25) is 0 Å². The average molecular weight is 308 g/mol. The van der Waals surface area contributed by atoms with Crippen LogP contribution in [-0.2, 0) is 11.2 Å². The maximum atomic E-state index is 5.81. The van der Waals surface area contributed by atoms with Crippen LogP contribution in [0.4, 0.5) is 0 Å². The van der Waals surface area contributed by atoms with Crippen LogP contribution in [0.25, 0.3) is 0 Å². The van der Waals surface area contributed by atoms with Gasteiger partial charge in [0.25, 0.3) is 0 Å². The van der Waals surface area contributed by atoms with Crippen molar-refractivity contribution in [3.63, 3.8) is 0 Å². The highest BCUT2D eigenvalue weighted by atomic mass is 32.1. The summed E-state index contributed by atoms with van der Waals surface area (Å²) in [5, 5.41) is 0. The molecule has 0 radical (unpaired) electrons. The summed E-state index contributed by atoms with van der Waals surface area (Å²) in [6.07, 6.45) is 1.76. The zero-order valence-electron chi connectivity index (χ0n) is 12.6. The fourth-order valence-corrected chi connectivity index (χ4v) is 2.71. The smallest absolute Gasteiger partial charge is 0.119 e. The van der Waals surface area contributed by atoms with Crippen molar-refractivity contribution in [3.05, 3.63) is 29.8 Å². The Hall–Kier alpha value is -1.17. The van der Waals surface area contributed by atoms with Crippen molar-refractivity contribution in [3.8, 4) is 5.75 Å². The van der Waals surface area contributed by atoms with Crippen LogP contribution in [0.2, 0.25) is 0 Å². The summed E-state index contributed by atoms with van der Waals surface area (Å²) in [7, 11) is 0. The summed E-state index contributed by atoms with van der Waals surface area (Å²) in [4.78, 5) is 2.96. The van der Waals surface area contributed by atoms with Gasteiger partial charge in [-0.15, -0.1) is 0 Å². The van der Waals surface area contributed by atoms with E-state index >= 15 is 0 Å². The Labute approximate surface area is 132 Å². The summed E-state index contributed by atoms with van der Waals surface area (Å²) < 4.78 is 11.3. The Morgan fingerprint density at radius 1 is 1.43 bits per heavy atom. The normalized spacial score (nSPS) is 19.4. The minimum atomic E-state index is 0.515. The number of hydrogen-bond acceptors (Lipinski definition) is 4. The Balaban J connectivity index is 1.76. The molecule has 0 amide bonds. The van der Waals surface area contributed by atoms with Gasteiger partial charge in [0, 0.05) is 25.6 Å². The molecule has 1 aliphatic heterocycles. The fourth-order valence-electron chi connectivity index (χ4n) is 2.55. The monoisotopic (exact) mass is 308 g/mol. The molecule has 0 aliphatic carbocycles. The van der Waals surface area contributed by atoms with Gasteiger partial charge in [-0.25, -0.2) is 0 Å². The highest BCUT2D eigenvalue weighted by Gasteiger charge is 2.20. The van der Waals surface area contributed by atoms with E-state index in [-0.39, 0.29) is 0 Å². The molecule has 5 heteroatoms. The predicted octanol–water partition coefficient (Wildman–Crippen LogP) is 2.00. The zero-order valence-corrected chi connectivity index (χ0v) is 13.4. The Bertz CT molecular complexity index is 450. The van der Waals surface area contributed by atoms with Crippen molar-refractivity contribution >= 4 is 17.2 Å². The van der Waals surface area contributed by atoms with Gasteiger partial charge in [-0.3, -0.25) is 4.90 Å². The quantitative estimate of drug-likeness (QED) is 0.781. The number of nitrogens with two attached hydrogens (primary N) is 1. The predicted molar refractivity (Wildman–Crippen MR) is 88.9 cm³/mol. The number of benzene rings is 1. The SMILES string of the molecule is CCC1COCCN1CCOc1ccc(CC(N)=S)cc1. The first-order valence-electron chi connectivity index (χ1n) is 7.51. The van der Waals surface area contributed by atoms with Gasteiger partial charge in [0.05, 0.1) is 18.2 Å². The van der Waals surface area contributed by atoms with Gasteiger partial charge in [-0.2, -0.15) is 0 Å². The highest BCUT2D eigenvalue weighted by molar-refractivity contribution is 7.80. The van der Waals surface area contributed by atoms with Crippen LogP contribution in [0.15, 0.2) is 24.3 Å². The van der Waals surface area contributed by atoms with Crippen LogP contribution in [-0.4, -0.2) is 48.8 Å². The molecule has 1 heterocycles. The van der Waals surface area contributed by atoms with E-state index in [1.807, 2.05) is 24.3 Å². The lowest BCUT2D eigenvalue weighted by molar-refractivity contribution is -0.0132. The number of morpholine rings is 1. The number of rotatable bonds is 7. The molecule has 2 rings (SSSR count). The molecule has 1 unspecified atom stereocenters. The summed E-state index contributed by atoms with van der Waals surface area (Å²) >= 11 is 4.91. The minimum Gasteiger partial charge on any atom is -0.492 e. The van der Waals surface area contributed by atoms with Crippen molar-refractivity contribution in [1.29, 1.82) is 0 Å². The summed E-state index contributed by atoms with van der Waals surface area (Å²) in [6.45, 7) is 6.50. The summed E-state index contributed by atoms with van der Waals surface area (Å²) in [6, 6.07) is 8.50. The van der Waals surface area contributed by atoms with Gasteiger partial charge < -0.3 is 15.2 Å². The molecule has 1 aliphatic rings. The summed E-state index contributed by atoms with van der Waals surface area (Å²) in [5.74, 6) is 0.892. The molecule has 1 aromatic carbocycles. The summed E-state index contributed by atoms with van der Waals surface area (Å²) in [5.41, 5.74) is 6.66. The number of hydrogen-bond donors (Lipinski definition) is 1. The third kappa shape index (κ3) is 5.26. The van der Waals surface area contributed by atoms with Crippen molar-refractivity contribution in [2.24, 2.45) is 5.73 Å². The first-order chi connectivity index (χ1) is 10.2. The molecule has 2 N–H and O–H groups in total. The van der Waals surface area contributed by atoms with E-state index in [2.05, 4.69) is 11.8 Å². The molecule has 0 saturated carbocycles. The van der Waals surface area contributed by atoms with Crippen molar-refractivity contribution in [1.82, 2.24) is 4.90 Å². The van der Waals surface area contributed by atoms with Gasteiger partial charge in [0.15, 0.2) is 0 Å². The lowest BCUT2D eigenvalue weighted by atomic mass is 10.1. The zero-order chi connectivity index (χ0) is 15.1. The lowest BCUT2D eigenvalue weighted by Gasteiger charge is -2.34. The second kappa shape index (κ2) is 8.32. The molecule has 1 atom stereocenters. The fraction of sp³-hybridized carbons (Fsp3) is 0.562. The van der Waals surface area contributed by atoms with E-state index < -0.39 is 0 Å². The van der Waals surface area contributed by atoms with Crippen LogP contribution < -0.4 is 10.5 Å². The van der Waals surface area contributed by atoms with Crippen molar-refractivity contribution in [2.75, 3.05) is 32.9 Å². The van der Waals surface area contributed by atoms with Crippen LogP contribution in [0.1, 0.15) is 18.9 Å². The largest absolute Gasteiger partial charge is 0.492 e. The van der Waals surface area contributed by atoms with Gasteiger partial charge in [0.1, 0.15) is 12.4 Å². The van der Waals surface area contributed by atoms with E-state index in [1.165, 1.54) is 0 Å². The lowest BCUT2D eigenvalue weighted by Crippen LogP contribution is -2.46. The van der Waals surface area contributed by atoms with E-state index in [1.54, 1.807) is 0 Å². The molecular weight excluding hydrogens is 284 g/mol. The first-order valence-corrected chi connectivity index (χ1v) is 7.91. The third-order valence-electron chi connectivity index (χ3n) is 3.77. The Morgan fingerprint density at radius 2 is 2.19 bits per heavy atom. The molecule has 116 valence electrons. The first kappa shape index (κ1) is 16.2. The van der Waals surface area contributed by atoms with Crippen LogP contribution in [0, 0.1) is 0 Å². The third-order valence-corrected chi connectivity index (χ3v) is 3.91. The average Bonchev–Trinajstić information content (AvgIpc) is 2.49. The Kier molecular flexibility index (Phi) is 6.42. The van der Waals surface area contributed by atoms with E-state index in [4.69, 9.17) is 27.4 Å². The molecule has 4 nitrogen and oxygen atoms in total. The molecule has 0 bridgehead atoms. The standard InChI is InChI=1S/C16H24N2O2S/c1-2-14-12-19-9-7-18(14)8-10-20-15-5-3-13(4-6-15)11-16(17)21/h3-6,14H,2,7-12H2,1H3,(H2,17,21). The van der Waals surface area contributed by atoms with Crippen LogP contribution >= 0.6 is 12.2 Å². The number of nitrogens with zero attached hydrogens (tertiary/aromatic N) is 1. The van der Waals surface area contributed by atoms with E-state index in [0.29, 0.717) is 24.1 Å². The minimum absolute atomic E-state index is 0.515. The maximum absolute atomic E-state index is 5.81. The molecule has 0 spiro atoms. The van der Waals surface area contributed by atoms with Gasteiger partial charge in [-0.05, 0) is 24.1 Å². The van der Waals surface area contributed by atoms with Crippen LogP contribution in [0.5, 0.6) is 5.75 Å². The second-order valence-electron chi connectivity index (χ2n) is 5.31. The number of ether oxygens (including phenoxy) is 2. The molecule has 1 fully saturated rings. The van der Waals surface area contributed by atoms with Crippen molar-refractivity contribution < 1.29 is 9.47 Å². The molecule has 1 saturated heterocycles. The highest BCUT2D eigenvalue weighted by Crippen LogP contribution is 2.14. The van der Waals surface area contributed by atoms with E-state index in [9.17, 15) is 0 Å². The van der Waals surface area contributed by atoms with Gasteiger partial charge in [-0.1, -0.05) is 31.3 Å². The van der Waals surface area contributed by atoms with Crippen LogP contribution in [0.3, 0.4) is 0 Å². The molecule has 1 aromatic rings. The Morgan fingerprint density at radius 3 is 2.86 bits per heavy atom. The second-order valence-corrected chi connectivity index (χ2v) is 5.83. The van der Waals surface area contributed by atoms with Gasteiger partial charge >= 0.3 is 0 Å². The van der Waals surface area contributed by atoms with Crippen molar-refractivity contribution in [2.45, 2.75) is 25.8 Å². The number of thiocarbonyl (C=S) groups is 1. The topological polar surface area (TPSA) is 47.7 Å². The van der Waals surface area contributed by atoms with E-state index in [0.717, 1.165) is 44.0 Å². The molecule has 21 heavy (non-hydrogen) atoms.